The summed E-state index contributed by atoms with van der Waals surface area (Å²) in [5.41, 5.74) is 3.48. The number of nitrogens with one attached hydrogen (secondary N) is 1. The molecule has 5 nitrogen and oxygen atoms in total. The van der Waals surface area contributed by atoms with E-state index in [1.807, 2.05) is 18.2 Å². The average molecular weight is 352 g/mol. The fourth-order valence-corrected chi connectivity index (χ4v) is 3.99. The second-order valence-corrected chi connectivity index (χ2v) is 6.80. The van der Waals surface area contributed by atoms with Crippen molar-refractivity contribution in [1.29, 1.82) is 0 Å². The summed E-state index contributed by atoms with van der Waals surface area (Å²) in [6.45, 7) is 6.57. The van der Waals surface area contributed by atoms with Crippen LogP contribution in [0.2, 0.25) is 0 Å². The van der Waals surface area contributed by atoms with Gasteiger partial charge < -0.3 is 19.1 Å². The van der Waals surface area contributed by atoms with E-state index in [1.54, 1.807) is 6.07 Å². The molecule has 0 aliphatic heterocycles. The lowest BCUT2D eigenvalue weighted by atomic mass is 9.90. The molecule has 1 aliphatic carbocycles. The summed E-state index contributed by atoms with van der Waals surface area (Å²) < 4.78 is 11.1. The van der Waals surface area contributed by atoms with Crippen LogP contribution in [-0.4, -0.2) is 29.9 Å². The Balaban J connectivity index is 1.62. The molecule has 0 saturated heterocycles. The van der Waals surface area contributed by atoms with Crippen molar-refractivity contribution in [2.75, 3.05) is 18.4 Å². The number of benzene rings is 1. The van der Waals surface area contributed by atoms with Gasteiger partial charge in [0, 0.05) is 29.1 Å². The van der Waals surface area contributed by atoms with Gasteiger partial charge in [-0.05, 0) is 50.2 Å². The number of hydrogen-bond acceptors (Lipinski definition) is 4. The molecule has 1 unspecified atom stereocenters. The highest BCUT2D eigenvalue weighted by Gasteiger charge is 2.27. The lowest BCUT2D eigenvalue weighted by molar-refractivity contribution is 0.102. The summed E-state index contributed by atoms with van der Waals surface area (Å²) in [4.78, 5) is 14.8. The largest absolute Gasteiger partial charge is 0.472 e. The molecule has 1 atom stereocenters. The van der Waals surface area contributed by atoms with Gasteiger partial charge in [0.05, 0.1) is 11.8 Å². The highest BCUT2D eigenvalue weighted by atomic mass is 16.3. The molecular formula is C21H24N2O3. The second kappa shape index (κ2) is 7.00. The summed E-state index contributed by atoms with van der Waals surface area (Å²) in [5.74, 6) is 0.929. The summed E-state index contributed by atoms with van der Waals surface area (Å²) in [6, 6.07) is 8.08. The molecule has 2 heterocycles. The van der Waals surface area contributed by atoms with Crippen LogP contribution in [0.15, 0.2) is 45.6 Å². The number of fused-ring (bicyclic) bond motifs is 3. The van der Waals surface area contributed by atoms with Gasteiger partial charge in [-0.2, -0.15) is 0 Å². The Bertz CT molecular complexity index is 907. The topological polar surface area (TPSA) is 58.6 Å². The number of carbonyl (C=O) groups is 1. The third-order valence-electron chi connectivity index (χ3n) is 5.39. The summed E-state index contributed by atoms with van der Waals surface area (Å²) in [5, 5.41) is 4.05. The van der Waals surface area contributed by atoms with Gasteiger partial charge in [0.15, 0.2) is 0 Å². The Morgan fingerprint density at radius 2 is 2.12 bits per heavy atom. The molecule has 2 aromatic heterocycles. The van der Waals surface area contributed by atoms with Crippen LogP contribution in [-0.2, 0) is 12.8 Å². The Morgan fingerprint density at radius 3 is 2.85 bits per heavy atom. The minimum atomic E-state index is -0.170. The van der Waals surface area contributed by atoms with Crippen LogP contribution in [0.25, 0.3) is 11.0 Å². The fraction of sp³-hybridized carbons (Fsp3) is 0.381. The zero-order valence-electron chi connectivity index (χ0n) is 15.2. The molecule has 5 heteroatoms. The molecule has 136 valence electrons. The Labute approximate surface area is 153 Å². The Hall–Kier alpha value is -2.53. The first kappa shape index (κ1) is 16.9. The number of rotatable bonds is 5. The van der Waals surface area contributed by atoms with Crippen molar-refractivity contribution < 1.29 is 13.6 Å². The van der Waals surface area contributed by atoms with Crippen molar-refractivity contribution in [3.8, 4) is 0 Å². The normalized spacial score (nSPS) is 16.8. The van der Waals surface area contributed by atoms with E-state index in [0.717, 1.165) is 54.8 Å². The van der Waals surface area contributed by atoms with E-state index >= 15 is 0 Å². The summed E-state index contributed by atoms with van der Waals surface area (Å²) in [6.07, 6.45) is 6.06. The van der Waals surface area contributed by atoms with Gasteiger partial charge in [-0.3, -0.25) is 4.79 Å². The maximum atomic E-state index is 12.3. The number of likely N-dealkylation sites (N-methyl/N-ethyl adjacent to an activating group) is 1. The van der Waals surface area contributed by atoms with Crippen LogP contribution in [0.3, 0.4) is 0 Å². The van der Waals surface area contributed by atoms with Crippen LogP contribution in [0.1, 0.15) is 41.9 Å². The Morgan fingerprint density at radius 1 is 1.27 bits per heavy atom. The third-order valence-corrected chi connectivity index (χ3v) is 5.39. The maximum Gasteiger partial charge on any atom is 0.258 e. The molecule has 0 fully saturated rings. The van der Waals surface area contributed by atoms with Crippen LogP contribution < -0.4 is 5.32 Å². The number of nitrogens with zero attached hydrogens (tertiary/aromatic N) is 1. The molecule has 1 aromatic carbocycles. The van der Waals surface area contributed by atoms with Gasteiger partial charge in [-0.1, -0.05) is 13.8 Å². The minimum absolute atomic E-state index is 0.170. The predicted octanol–water partition coefficient (Wildman–Crippen LogP) is 4.48. The van der Waals surface area contributed by atoms with Crippen molar-refractivity contribution >= 4 is 22.6 Å². The van der Waals surface area contributed by atoms with Crippen molar-refractivity contribution in [3.05, 3.63) is 53.7 Å². The maximum absolute atomic E-state index is 12.3. The molecule has 0 saturated carbocycles. The standard InChI is InChI=1S/C21H24N2O3/c1-3-23(4-2)16-6-8-20-18(12-16)17-11-15(5-7-19(17)26-20)22-21(24)14-9-10-25-13-14/h5,7,9-11,13,16H,3-4,6,8,12H2,1-2H3,(H,22,24). The summed E-state index contributed by atoms with van der Waals surface area (Å²) >= 11 is 0. The van der Waals surface area contributed by atoms with Crippen molar-refractivity contribution in [3.63, 3.8) is 0 Å². The van der Waals surface area contributed by atoms with E-state index < -0.39 is 0 Å². The smallest absolute Gasteiger partial charge is 0.258 e. The SMILES string of the molecule is CCN(CC)C1CCc2oc3ccc(NC(=O)c4ccoc4)cc3c2C1. The molecule has 1 N–H and O–H groups in total. The van der Waals surface area contributed by atoms with Crippen molar-refractivity contribution in [2.45, 2.75) is 39.2 Å². The number of amides is 1. The number of furan rings is 2. The highest BCUT2D eigenvalue weighted by Crippen LogP contribution is 2.35. The van der Waals surface area contributed by atoms with E-state index in [-0.39, 0.29) is 5.91 Å². The fourth-order valence-electron chi connectivity index (χ4n) is 3.99. The van der Waals surface area contributed by atoms with Crippen LogP contribution >= 0.6 is 0 Å². The van der Waals surface area contributed by atoms with Gasteiger partial charge >= 0.3 is 0 Å². The van der Waals surface area contributed by atoms with Gasteiger partial charge in [0.1, 0.15) is 17.6 Å². The number of hydrogen-bond donors (Lipinski definition) is 1. The minimum Gasteiger partial charge on any atom is -0.472 e. The van der Waals surface area contributed by atoms with Gasteiger partial charge in [0.2, 0.25) is 0 Å². The zero-order valence-corrected chi connectivity index (χ0v) is 15.2. The zero-order chi connectivity index (χ0) is 18.1. The van der Waals surface area contributed by atoms with Crippen LogP contribution in [0, 0.1) is 0 Å². The van der Waals surface area contributed by atoms with E-state index in [4.69, 9.17) is 8.83 Å². The van der Waals surface area contributed by atoms with Crippen LogP contribution in [0.5, 0.6) is 0 Å². The number of aryl methyl sites for hydroxylation is 1. The first-order valence-electron chi connectivity index (χ1n) is 9.31. The van der Waals surface area contributed by atoms with Crippen molar-refractivity contribution in [1.82, 2.24) is 4.90 Å². The molecule has 3 aromatic rings. The van der Waals surface area contributed by atoms with Gasteiger partial charge in [-0.25, -0.2) is 0 Å². The van der Waals surface area contributed by atoms with E-state index in [0.29, 0.717) is 11.6 Å². The quantitative estimate of drug-likeness (QED) is 0.736. The molecular weight excluding hydrogens is 328 g/mol. The van der Waals surface area contributed by atoms with E-state index in [2.05, 4.69) is 24.1 Å². The first-order chi connectivity index (χ1) is 12.7. The summed E-state index contributed by atoms with van der Waals surface area (Å²) in [7, 11) is 0. The van der Waals surface area contributed by atoms with Crippen LogP contribution in [0.4, 0.5) is 5.69 Å². The lowest BCUT2D eigenvalue weighted by Gasteiger charge is -2.32. The lowest BCUT2D eigenvalue weighted by Crippen LogP contribution is -2.38. The molecule has 1 amide bonds. The third kappa shape index (κ3) is 3.03. The monoisotopic (exact) mass is 352 g/mol. The molecule has 0 bridgehead atoms. The van der Waals surface area contributed by atoms with Crippen molar-refractivity contribution in [2.24, 2.45) is 0 Å². The molecule has 0 spiro atoms. The first-order valence-corrected chi connectivity index (χ1v) is 9.31. The molecule has 26 heavy (non-hydrogen) atoms. The number of anilines is 1. The van der Waals surface area contributed by atoms with Gasteiger partial charge in [0.25, 0.3) is 5.91 Å². The molecule has 0 radical (unpaired) electrons. The Kier molecular flexibility index (Phi) is 4.55. The van der Waals surface area contributed by atoms with E-state index in [1.165, 1.54) is 18.1 Å². The van der Waals surface area contributed by atoms with E-state index in [9.17, 15) is 4.79 Å². The second-order valence-electron chi connectivity index (χ2n) is 6.80. The molecule has 4 rings (SSSR count). The average Bonchev–Trinajstić information content (AvgIpc) is 3.30. The van der Waals surface area contributed by atoms with Gasteiger partial charge in [-0.15, -0.1) is 0 Å². The predicted molar refractivity (Wildman–Crippen MR) is 102 cm³/mol. The molecule has 1 aliphatic rings. The highest BCUT2D eigenvalue weighted by molar-refractivity contribution is 6.05. The number of carbonyl (C=O) groups excluding carboxylic acids is 1.